The molecule has 16 heavy (non-hydrogen) atoms. The summed E-state index contributed by atoms with van der Waals surface area (Å²) in [7, 11) is 0. The number of allylic oxidation sites excluding steroid dienone is 1. The summed E-state index contributed by atoms with van der Waals surface area (Å²) in [6, 6.07) is 0. The van der Waals surface area contributed by atoms with Crippen LogP contribution < -0.4 is 0 Å². The van der Waals surface area contributed by atoms with E-state index < -0.39 is 0 Å². The van der Waals surface area contributed by atoms with Crippen molar-refractivity contribution in [3.8, 4) is 0 Å². The number of halogens is 1. The summed E-state index contributed by atoms with van der Waals surface area (Å²) in [6.45, 7) is 10.9. The molecule has 0 amide bonds. The van der Waals surface area contributed by atoms with E-state index in [1.807, 2.05) is 0 Å². The molecule has 1 heteroatoms. The van der Waals surface area contributed by atoms with Gasteiger partial charge in [0.05, 0.1) is 0 Å². The third-order valence-corrected chi connectivity index (χ3v) is 4.84. The highest BCUT2D eigenvalue weighted by Crippen LogP contribution is 2.37. The molecule has 0 bridgehead atoms. The maximum atomic E-state index is 4.16. The van der Waals surface area contributed by atoms with Crippen molar-refractivity contribution in [2.45, 2.75) is 82.9 Å². The molecule has 0 saturated carbocycles. The second-order valence-electron chi connectivity index (χ2n) is 5.01. The maximum absolute atomic E-state index is 4.16. The van der Waals surface area contributed by atoms with Crippen LogP contribution in [0, 0.1) is 0 Å². The summed E-state index contributed by atoms with van der Waals surface area (Å²) < 4.78 is 0.218. The highest BCUT2D eigenvalue weighted by Gasteiger charge is 2.26. The Balaban J connectivity index is 3.96. The van der Waals surface area contributed by atoms with Crippen LogP contribution in [0.4, 0.5) is 0 Å². The van der Waals surface area contributed by atoms with E-state index in [0.717, 1.165) is 0 Å². The van der Waals surface area contributed by atoms with Crippen molar-refractivity contribution in [3.05, 3.63) is 12.2 Å². The van der Waals surface area contributed by atoms with Crippen molar-refractivity contribution in [3.63, 3.8) is 0 Å². The van der Waals surface area contributed by atoms with E-state index in [1.54, 1.807) is 0 Å². The van der Waals surface area contributed by atoms with Crippen LogP contribution in [0.15, 0.2) is 12.2 Å². The van der Waals surface area contributed by atoms with Crippen LogP contribution in [0.25, 0.3) is 0 Å². The number of hydrogen-bond acceptors (Lipinski definition) is 0. The summed E-state index contributed by atoms with van der Waals surface area (Å²) in [6.07, 6.45) is 11.9. The minimum absolute atomic E-state index is 0.218. The smallest absolute Gasteiger partial charge is 0.0460 e. The van der Waals surface area contributed by atoms with Gasteiger partial charge in [-0.15, -0.1) is 0 Å². The molecule has 0 nitrogen and oxygen atoms in total. The van der Waals surface area contributed by atoms with Gasteiger partial charge in [0.25, 0.3) is 0 Å². The van der Waals surface area contributed by atoms with Crippen molar-refractivity contribution in [1.82, 2.24) is 0 Å². The minimum atomic E-state index is 0.218. The second-order valence-corrected chi connectivity index (χ2v) is 6.53. The molecule has 0 aliphatic carbocycles. The minimum Gasteiger partial charge on any atom is -0.0987 e. The van der Waals surface area contributed by atoms with Gasteiger partial charge in [0.1, 0.15) is 0 Å². The molecule has 0 aromatic rings. The Morgan fingerprint density at radius 3 is 1.81 bits per heavy atom. The molecule has 0 N–H and O–H groups in total. The molecule has 0 fully saturated rings. The Morgan fingerprint density at radius 2 is 1.38 bits per heavy atom. The van der Waals surface area contributed by atoms with Crippen LogP contribution in [0.5, 0.6) is 0 Å². The Kier molecular flexibility index (Phi) is 9.40. The molecule has 0 saturated heterocycles. The molecule has 96 valence electrons. The lowest BCUT2D eigenvalue weighted by Crippen LogP contribution is -2.21. The normalized spacial score (nSPS) is 14.8. The first-order valence-electron chi connectivity index (χ1n) is 6.91. The van der Waals surface area contributed by atoms with Gasteiger partial charge in [0, 0.05) is 4.32 Å². The quantitative estimate of drug-likeness (QED) is 0.253. The van der Waals surface area contributed by atoms with Gasteiger partial charge in [0.2, 0.25) is 0 Å². The third kappa shape index (κ3) is 6.73. The number of alkyl halides is 1. The van der Waals surface area contributed by atoms with Crippen molar-refractivity contribution in [1.29, 1.82) is 0 Å². The Morgan fingerprint density at radius 1 is 0.938 bits per heavy atom. The fourth-order valence-corrected chi connectivity index (χ4v) is 2.60. The third-order valence-electron chi connectivity index (χ3n) is 3.37. The number of unbranched alkanes of at least 4 members (excludes halogenated alkanes) is 5. The Labute approximate surface area is 111 Å². The number of hydrogen-bond donors (Lipinski definition) is 0. The molecule has 0 aromatic carbocycles. The molecular weight excluding hydrogens is 260 g/mol. The maximum Gasteiger partial charge on any atom is 0.0460 e. The van der Waals surface area contributed by atoms with Gasteiger partial charge in [-0.05, 0) is 19.8 Å². The van der Waals surface area contributed by atoms with E-state index in [0.29, 0.717) is 0 Å². The molecule has 0 rings (SSSR count). The van der Waals surface area contributed by atoms with Crippen LogP contribution in [0.3, 0.4) is 0 Å². The first kappa shape index (κ1) is 16.2. The molecule has 1 unspecified atom stereocenters. The van der Waals surface area contributed by atoms with Gasteiger partial charge in [0.15, 0.2) is 0 Å². The van der Waals surface area contributed by atoms with Gasteiger partial charge >= 0.3 is 0 Å². The van der Waals surface area contributed by atoms with Crippen molar-refractivity contribution in [2.75, 3.05) is 0 Å². The van der Waals surface area contributed by atoms with E-state index in [2.05, 4.69) is 43.3 Å². The van der Waals surface area contributed by atoms with Crippen molar-refractivity contribution >= 4 is 15.9 Å². The lowest BCUT2D eigenvalue weighted by atomic mass is 9.89. The van der Waals surface area contributed by atoms with E-state index in [1.165, 1.54) is 63.4 Å². The Bertz CT molecular complexity index is 186. The highest BCUT2D eigenvalue weighted by molar-refractivity contribution is 9.10. The summed E-state index contributed by atoms with van der Waals surface area (Å²) in [4.78, 5) is 0. The first-order valence-corrected chi connectivity index (χ1v) is 7.71. The zero-order chi connectivity index (χ0) is 12.4. The molecule has 0 aliphatic rings. The molecule has 0 heterocycles. The van der Waals surface area contributed by atoms with Gasteiger partial charge in [-0.3, -0.25) is 0 Å². The fourth-order valence-electron chi connectivity index (χ4n) is 2.04. The van der Waals surface area contributed by atoms with Crippen LogP contribution >= 0.6 is 15.9 Å². The zero-order valence-electron chi connectivity index (χ0n) is 11.4. The van der Waals surface area contributed by atoms with E-state index in [9.17, 15) is 0 Å². The predicted octanol–water partition coefficient (Wildman–Crippen LogP) is 6.25. The van der Waals surface area contributed by atoms with E-state index in [4.69, 9.17) is 0 Å². The average Bonchev–Trinajstić information content (AvgIpc) is 2.25. The monoisotopic (exact) mass is 288 g/mol. The zero-order valence-corrected chi connectivity index (χ0v) is 13.0. The van der Waals surface area contributed by atoms with Crippen LogP contribution in [-0.2, 0) is 0 Å². The lowest BCUT2D eigenvalue weighted by Gasteiger charge is -2.28. The Hall–Kier alpha value is 0.220. The standard InChI is InChI=1S/C15H29Br/c1-5-7-9-11-13-15(16,14(3)4)12-10-8-6-2/h3,5-13H2,1-2,4H3. The van der Waals surface area contributed by atoms with Crippen molar-refractivity contribution < 1.29 is 0 Å². The van der Waals surface area contributed by atoms with Crippen molar-refractivity contribution in [2.24, 2.45) is 0 Å². The van der Waals surface area contributed by atoms with Gasteiger partial charge in [-0.2, -0.15) is 0 Å². The molecule has 1 atom stereocenters. The average molecular weight is 289 g/mol. The second kappa shape index (κ2) is 9.27. The topological polar surface area (TPSA) is 0 Å². The largest absolute Gasteiger partial charge is 0.0987 e. The molecule has 0 aliphatic heterocycles. The molecule has 0 radical (unpaired) electrons. The lowest BCUT2D eigenvalue weighted by molar-refractivity contribution is 0.502. The van der Waals surface area contributed by atoms with E-state index >= 15 is 0 Å². The van der Waals surface area contributed by atoms with E-state index in [-0.39, 0.29) is 4.32 Å². The molecule has 0 aromatic heterocycles. The summed E-state index contributed by atoms with van der Waals surface area (Å²) >= 11 is 3.93. The van der Waals surface area contributed by atoms with Gasteiger partial charge in [-0.25, -0.2) is 0 Å². The first-order chi connectivity index (χ1) is 7.56. The van der Waals surface area contributed by atoms with Gasteiger partial charge < -0.3 is 0 Å². The molecular formula is C15H29Br. The molecule has 0 spiro atoms. The summed E-state index contributed by atoms with van der Waals surface area (Å²) in [5.74, 6) is 0. The van der Waals surface area contributed by atoms with Crippen LogP contribution in [-0.4, -0.2) is 4.32 Å². The highest BCUT2D eigenvalue weighted by atomic mass is 79.9. The fraction of sp³-hybridized carbons (Fsp3) is 0.867. The van der Waals surface area contributed by atoms with Crippen LogP contribution in [0.1, 0.15) is 78.6 Å². The predicted molar refractivity (Wildman–Crippen MR) is 79.4 cm³/mol. The summed E-state index contributed by atoms with van der Waals surface area (Å²) in [5.41, 5.74) is 1.31. The summed E-state index contributed by atoms with van der Waals surface area (Å²) in [5, 5.41) is 0. The number of rotatable bonds is 10. The van der Waals surface area contributed by atoms with Gasteiger partial charge in [-0.1, -0.05) is 86.9 Å². The SMILES string of the molecule is C=C(C)C(Br)(CCCCC)CCCCCC. The van der Waals surface area contributed by atoms with Crippen LogP contribution in [0.2, 0.25) is 0 Å².